The summed E-state index contributed by atoms with van der Waals surface area (Å²) in [5.41, 5.74) is 3.66. The van der Waals surface area contributed by atoms with Crippen LogP contribution in [0.1, 0.15) is 34.3 Å². The van der Waals surface area contributed by atoms with Gasteiger partial charge in [-0.15, -0.1) is 0 Å². The second-order valence-electron chi connectivity index (χ2n) is 5.79. The van der Waals surface area contributed by atoms with Crippen molar-refractivity contribution in [3.05, 3.63) is 59.2 Å². The van der Waals surface area contributed by atoms with Crippen LogP contribution in [0.5, 0.6) is 5.75 Å². The molecule has 0 amide bonds. The van der Waals surface area contributed by atoms with Crippen molar-refractivity contribution in [2.75, 3.05) is 25.6 Å². The molecule has 4 heteroatoms. The molecule has 128 valence electrons. The van der Waals surface area contributed by atoms with Crippen LogP contribution < -0.4 is 10.1 Å². The van der Waals surface area contributed by atoms with E-state index in [9.17, 15) is 4.79 Å². The zero-order valence-corrected chi connectivity index (χ0v) is 14.6. The molecule has 0 saturated heterocycles. The Hall–Kier alpha value is -2.49. The molecule has 0 fully saturated rings. The molecule has 2 aromatic rings. The molecule has 0 radical (unpaired) electrons. The number of unbranched alkanes of at least 4 members (excludes halogenated alkanes) is 1. The van der Waals surface area contributed by atoms with Crippen LogP contribution in [0, 0.1) is 13.8 Å². The van der Waals surface area contributed by atoms with E-state index in [4.69, 9.17) is 9.47 Å². The molecule has 0 aliphatic heterocycles. The van der Waals surface area contributed by atoms with Crippen molar-refractivity contribution in [2.24, 2.45) is 0 Å². The van der Waals surface area contributed by atoms with E-state index in [0.717, 1.165) is 36.4 Å². The van der Waals surface area contributed by atoms with Crippen LogP contribution in [-0.2, 0) is 4.74 Å². The standard InChI is InChI=1S/C20H25NO3/c1-15-8-6-10-17(14-15)24-13-5-4-12-21-19-16(2)9-7-11-18(19)20(22)23-3/h6-11,14,21H,4-5,12-13H2,1-3H3. The Kier molecular flexibility index (Phi) is 6.67. The number of hydrogen-bond acceptors (Lipinski definition) is 4. The predicted octanol–water partition coefficient (Wildman–Crippen LogP) is 4.36. The van der Waals surface area contributed by atoms with E-state index in [0.29, 0.717) is 12.2 Å². The highest BCUT2D eigenvalue weighted by Gasteiger charge is 2.12. The molecule has 0 aromatic heterocycles. The average molecular weight is 327 g/mol. The van der Waals surface area contributed by atoms with E-state index in [1.54, 1.807) is 6.07 Å². The van der Waals surface area contributed by atoms with E-state index in [-0.39, 0.29) is 5.97 Å². The second kappa shape index (κ2) is 8.96. The number of ether oxygens (including phenoxy) is 2. The Balaban J connectivity index is 1.77. The molecule has 0 spiro atoms. The third kappa shape index (κ3) is 5.01. The van der Waals surface area contributed by atoms with Crippen LogP contribution in [0.25, 0.3) is 0 Å². The summed E-state index contributed by atoms with van der Waals surface area (Å²) in [5.74, 6) is 0.596. The molecular weight excluding hydrogens is 302 g/mol. The molecule has 1 N–H and O–H groups in total. The number of anilines is 1. The van der Waals surface area contributed by atoms with Crippen LogP contribution >= 0.6 is 0 Å². The molecule has 0 aliphatic carbocycles. The lowest BCUT2D eigenvalue weighted by Crippen LogP contribution is -2.11. The first-order chi connectivity index (χ1) is 11.6. The molecule has 0 bridgehead atoms. The molecule has 2 rings (SSSR count). The van der Waals surface area contributed by atoms with Crippen molar-refractivity contribution in [1.82, 2.24) is 0 Å². The van der Waals surface area contributed by atoms with Crippen molar-refractivity contribution in [3.63, 3.8) is 0 Å². The maximum Gasteiger partial charge on any atom is 0.339 e. The van der Waals surface area contributed by atoms with Gasteiger partial charge in [0.05, 0.1) is 25.0 Å². The quantitative estimate of drug-likeness (QED) is 0.578. The molecule has 0 atom stereocenters. The third-order valence-electron chi connectivity index (χ3n) is 3.81. The van der Waals surface area contributed by atoms with Gasteiger partial charge >= 0.3 is 5.97 Å². The van der Waals surface area contributed by atoms with Crippen LogP contribution in [-0.4, -0.2) is 26.2 Å². The van der Waals surface area contributed by atoms with Crippen molar-refractivity contribution in [3.8, 4) is 5.75 Å². The van der Waals surface area contributed by atoms with Crippen LogP contribution in [0.4, 0.5) is 5.69 Å². The summed E-state index contributed by atoms with van der Waals surface area (Å²) < 4.78 is 10.6. The Morgan fingerprint density at radius 1 is 1.08 bits per heavy atom. The van der Waals surface area contributed by atoms with Gasteiger partial charge in [0, 0.05) is 6.54 Å². The first-order valence-corrected chi connectivity index (χ1v) is 8.23. The highest BCUT2D eigenvalue weighted by molar-refractivity contribution is 5.96. The number of para-hydroxylation sites is 1. The Morgan fingerprint density at radius 2 is 1.88 bits per heavy atom. The zero-order valence-electron chi connectivity index (χ0n) is 14.6. The summed E-state index contributed by atoms with van der Waals surface area (Å²) in [7, 11) is 1.40. The molecule has 0 saturated carbocycles. The maximum absolute atomic E-state index is 11.8. The zero-order chi connectivity index (χ0) is 17.4. The van der Waals surface area contributed by atoms with Gasteiger partial charge in [-0.1, -0.05) is 24.3 Å². The number of carbonyl (C=O) groups excluding carboxylic acids is 1. The lowest BCUT2D eigenvalue weighted by Gasteiger charge is -2.13. The van der Waals surface area contributed by atoms with Crippen molar-refractivity contribution < 1.29 is 14.3 Å². The van der Waals surface area contributed by atoms with Crippen LogP contribution in [0.15, 0.2) is 42.5 Å². The first kappa shape index (κ1) is 17.9. The lowest BCUT2D eigenvalue weighted by molar-refractivity contribution is 0.0601. The lowest BCUT2D eigenvalue weighted by atomic mass is 10.1. The number of carbonyl (C=O) groups is 1. The van der Waals surface area contributed by atoms with Gasteiger partial charge < -0.3 is 14.8 Å². The molecule has 0 unspecified atom stereocenters. The van der Waals surface area contributed by atoms with Gasteiger partial charge in [-0.05, 0) is 56.0 Å². The van der Waals surface area contributed by atoms with E-state index in [1.165, 1.54) is 12.7 Å². The van der Waals surface area contributed by atoms with Crippen LogP contribution in [0.2, 0.25) is 0 Å². The fourth-order valence-electron chi connectivity index (χ4n) is 2.52. The molecule has 4 nitrogen and oxygen atoms in total. The van der Waals surface area contributed by atoms with Gasteiger partial charge in [-0.25, -0.2) is 4.79 Å². The number of aryl methyl sites for hydroxylation is 2. The Bertz CT molecular complexity index is 682. The first-order valence-electron chi connectivity index (χ1n) is 8.23. The Labute approximate surface area is 143 Å². The minimum atomic E-state index is -0.316. The fraction of sp³-hybridized carbons (Fsp3) is 0.350. The van der Waals surface area contributed by atoms with Gasteiger partial charge in [0.15, 0.2) is 0 Å². The van der Waals surface area contributed by atoms with E-state index < -0.39 is 0 Å². The predicted molar refractivity (Wildman–Crippen MR) is 96.9 cm³/mol. The van der Waals surface area contributed by atoms with Gasteiger partial charge in [-0.2, -0.15) is 0 Å². The topological polar surface area (TPSA) is 47.6 Å². The molecule has 24 heavy (non-hydrogen) atoms. The number of rotatable bonds is 8. The molecular formula is C20H25NO3. The molecule has 0 aliphatic rings. The van der Waals surface area contributed by atoms with Crippen LogP contribution in [0.3, 0.4) is 0 Å². The molecule has 2 aromatic carbocycles. The number of hydrogen-bond donors (Lipinski definition) is 1. The van der Waals surface area contributed by atoms with Gasteiger partial charge in [0.25, 0.3) is 0 Å². The Morgan fingerprint density at radius 3 is 2.62 bits per heavy atom. The summed E-state index contributed by atoms with van der Waals surface area (Å²) in [6, 6.07) is 13.7. The monoisotopic (exact) mass is 327 g/mol. The van der Waals surface area contributed by atoms with Crippen molar-refractivity contribution >= 4 is 11.7 Å². The highest BCUT2D eigenvalue weighted by Crippen LogP contribution is 2.21. The van der Waals surface area contributed by atoms with Crippen molar-refractivity contribution in [1.29, 1.82) is 0 Å². The summed E-state index contributed by atoms with van der Waals surface area (Å²) in [6.07, 6.45) is 1.90. The summed E-state index contributed by atoms with van der Waals surface area (Å²) in [5, 5.41) is 3.35. The minimum Gasteiger partial charge on any atom is -0.494 e. The summed E-state index contributed by atoms with van der Waals surface area (Å²) in [6.45, 7) is 5.50. The SMILES string of the molecule is COC(=O)c1cccc(C)c1NCCCCOc1cccc(C)c1. The summed E-state index contributed by atoms with van der Waals surface area (Å²) in [4.78, 5) is 11.8. The second-order valence-corrected chi connectivity index (χ2v) is 5.79. The average Bonchev–Trinajstić information content (AvgIpc) is 2.58. The minimum absolute atomic E-state index is 0.316. The third-order valence-corrected chi connectivity index (χ3v) is 3.81. The maximum atomic E-state index is 11.8. The smallest absolute Gasteiger partial charge is 0.339 e. The molecule has 0 heterocycles. The van der Waals surface area contributed by atoms with Gasteiger partial charge in [-0.3, -0.25) is 0 Å². The number of benzene rings is 2. The fourth-order valence-corrected chi connectivity index (χ4v) is 2.52. The number of methoxy groups -OCH3 is 1. The van der Waals surface area contributed by atoms with E-state index >= 15 is 0 Å². The number of nitrogens with one attached hydrogen (secondary N) is 1. The van der Waals surface area contributed by atoms with Gasteiger partial charge in [0.1, 0.15) is 5.75 Å². The van der Waals surface area contributed by atoms with E-state index in [2.05, 4.69) is 18.3 Å². The largest absolute Gasteiger partial charge is 0.494 e. The van der Waals surface area contributed by atoms with Crippen molar-refractivity contribution in [2.45, 2.75) is 26.7 Å². The normalized spacial score (nSPS) is 10.3. The van der Waals surface area contributed by atoms with Gasteiger partial charge in [0.2, 0.25) is 0 Å². The van der Waals surface area contributed by atoms with E-state index in [1.807, 2.05) is 37.3 Å². The number of esters is 1. The highest BCUT2D eigenvalue weighted by atomic mass is 16.5. The summed E-state index contributed by atoms with van der Waals surface area (Å²) >= 11 is 0.